The second kappa shape index (κ2) is 5.67. The molecule has 18 heavy (non-hydrogen) atoms. The summed E-state index contributed by atoms with van der Waals surface area (Å²) in [7, 11) is -3.20. The summed E-state index contributed by atoms with van der Waals surface area (Å²) < 4.78 is 22.0. The molecular weight excluding hydrogens is 258 g/mol. The van der Waals surface area contributed by atoms with Crippen molar-refractivity contribution < 1.29 is 18.3 Å². The van der Waals surface area contributed by atoms with Gasteiger partial charge in [0.2, 0.25) is 0 Å². The number of anilines is 1. The lowest BCUT2D eigenvalue weighted by molar-refractivity contribution is 0.145. The highest BCUT2D eigenvalue weighted by Crippen LogP contribution is 2.05. The zero-order valence-corrected chi connectivity index (χ0v) is 10.7. The molecule has 3 N–H and O–H groups in total. The molecule has 0 unspecified atom stereocenters. The molecule has 0 saturated heterocycles. The molecule has 7 nitrogen and oxygen atoms in total. The first kappa shape index (κ1) is 14.2. The third kappa shape index (κ3) is 5.00. The fourth-order valence-electron chi connectivity index (χ4n) is 1.24. The van der Waals surface area contributed by atoms with Crippen LogP contribution in [-0.4, -0.2) is 48.1 Å². The van der Waals surface area contributed by atoms with Gasteiger partial charge in [-0.2, -0.15) is 0 Å². The SMILES string of the molecule is CS(=O)(=O)CCN(Cc1ccc(N)cn1)C(=O)O. The van der Waals surface area contributed by atoms with E-state index in [4.69, 9.17) is 10.8 Å². The van der Waals surface area contributed by atoms with E-state index in [1.807, 2.05) is 0 Å². The van der Waals surface area contributed by atoms with Gasteiger partial charge in [0.25, 0.3) is 0 Å². The average molecular weight is 273 g/mol. The largest absolute Gasteiger partial charge is 0.465 e. The number of nitrogens with two attached hydrogens (primary N) is 1. The fourth-order valence-corrected chi connectivity index (χ4v) is 1.80. The van der Waals surface area contributed by atoms with Crippen LogP contribution in [0.1, 0.15) is 5.69 Å². The maximum absolute atomic E-state index is 11.0. The fraction of sp³-hybridized carbons (Fsp3) is 0.400. The molecule has 1 aromatic rings. The Balaban J connectivity index is 2.69. The van der Waals surface area contributed by atoms with Crippen molar-refractivity contribution in [2.45, 2.75) is 6.54 Å². The first-order valence-electron chi connectivity index (χ1n) is 5.14. The predicted molar refractivity (Wildman–Crippen MR) is 66.8 cm³/mol. The van der Waals surface area contributed by atoms with Crippen molar-refractivity contribution in [3.8, 4) is 0 Å². The molecule has 0 aliphatic heterocycles. The maximum Gasteiger partial charge on any atom is 0.407 e. The highest BCUT2D eigenvalue weighted by molar-refractivity contribution is 7.90. The topological polar surface area (TPSA) is 114 Å². The van der Waals surface area contributed by atoms with Crippen molar-refractivity contribution in [3.63, 3.8) is 0 Å². The molecule has 0 aliphatic rings. The number of nitrogens with zero attached hydrogens (tertiary/aromatic N) is 2. The van der Waals surface area contributed by atoms with Crippen LogP contribution in [0.25, 0.3) is 0 Å². The lowest BCUT2D eigenvalue weighted by atomic mass is 10.3. The van der Waals surface area contributed by atoms with Crippen molar-refractivity contribution in [3.05, 3.63) is 24.0 Å². The van der Waals surface area contributed by atoms with Crippen LogP contribution in [0.5, 0.6) is 0 Å². The molecule has 8 heteroatoms. The Morgan fingerprint density at radius 3 is 2.61 bits per heavy atom. The lowest BCUT2D eigenvalue weighted by Crippen LogP contribution is -2.33. The Bertz CT molecular complexity index is 512. The Kier molecular flexibility index (Phi) is 4.49. The summed E-state index contributed by atoms with van der Waals surface area (Å²) in [5, 5.41) is 8.96. The van der Waals surface area contributed by atoms with E-state index in [0.29, 0.717) is 11.4 Å². The van der Waals surface area contributed by atoms with Gasteiger partial charge in [0.1, 0.15) is 9.84 Å². The normalized spacial score (nSPS) is 11.2. The molecule has 0 aliphatic carbocycles. The number of hydrogen-bond donors (Lipinski definition) is 2. The van der Waals surface area contributed by atoms with Gasteiger partial charge in [-0.3, -0.25) is 4.98 Å². The molecule has 0 spiro atoms. The van der Waals surface area contributed by atoms with Gasteiger partial charge < -0.3 is 15.7 Å². The molecule has 1 aromatic heterocycles. The number of rotatable bonds is 5. The van der Waals surface area contributed by atoms with E-state index in [1.165, 1.54) is 6.20 Å². The third-order valence-electron chi connectivity index (χ3n) is 2.20. The molecule has 0 atom stereocenters. The average Bonchev–Trinajstić information content (AvgIpc) is 2.25. The van der Waals surface area contributed by atoms with E-state index in [2.05, 4.69) is 4.98 Å². The maximum atomic E-state index is 11.0. The molecule has 1 rings (SSSR count). The molecule has 0 fully saturated rings. The van der Waals surface area contributed by atoms with E-state index >= 15 is 0 Å². The zero-order valence-electron chi connectivity index (χ0n) is 9.91. The van der Waals surface area contributed by atoms with Gasteiger partial charge in [-0.25, -0.2) is 13.2 Å². The Morgan fingerprint density at radius 2 is 2.17 bits per heavy atom. The van der Waals surface area contributed by atoms with Crippen LogP contribution < -0.4 is 5.73 Å². The minimum atomic E-state index is -3.20. The molecule has 0 bridgehead atoms. The first-order chi connectivity index (χ1) is 8.28. The van der Waals surface area contributed by atoms with E-state index in [-0.39, 0.29) is 18.8 Å². The van der Waals surface area contributed by atoms with Gasteiger partial charge in [0.15, 0.2) is 0 Å². The minimum Gasteiger partial charge on any atom is -0.465 e. The van der Waals surface area contributed by atoms with Gasteiger partial charge in [0.05, 0.1) is 29.9 Å². The van der Waals surface area contributed by atoms with Crippen LogP contribution in [0.15, 0.2) is 18.3 Å². The quantitative estimate of drug-likeness (QED) is 0.791. The Morgan fingerprint density at radius 1 is 1.50 bits per heavy atom. The summed E-state index contributed by atoms with van der Waals surface area (Å²) in [6.45, 7) is -0.0502. The van der Waals surface area contributed by atoms with E-state index in [0.717, 1.165) is 11.2 Å². The first-order valence-corrected chi connectivity index (χ1v) is 7.20. The van der Waals surface area contributed by atoms with Crippen molar-refractivity contribution in [1.82, 2.24) is 9.88 Å². The van der Waals surface area contributed by atoms with E-state index < -0.39 is 15.9 Å². The number of pyridine rings is 1. The number of carbonyl (C=O) groups is 1. The molecule has 0 radical (unpaired) electrons. The second-order valence-electron chi connectivity index (χ2n) is 3.92. The predicted octanol–water partition coefficient (Wildman–Crippen LogP) is 0.188. The molecule has 0 aromatic carbocycles. The van der Waals surface area contributed by atoms with Gasteiger partial charge in [-0.05, 0) is 12.1 Å². The number of amides is 1. The van der Waals surface area contributed by atoms with Crippen LogP contribution in [0, 0.1) is 0 Å². The number of hydrogen-bond acceptors (Lipinski definition) is 5. The highest BCUT2D eigenvalue weighted by atomic mass is 32.2. The Hall–Kier alpha value is -1.83. The number of aromatic nitrogens is 1. The minimum absolute atomic E-state index is 0.0329. The van der Waals surface area contributed by atoms with E-state index in [9.17, 15) is 13.2 Å². The smallest absolute Gasteiger partial charge is 0.407 e. The van der Waals surface area contributed by atoms with Crippen LogP contribution in [0.4, 0.5) is 10.5 Å². The number of nitrogen functional groups attached to an aromatic ring is 1. The van der Waals surface area contributed by atoms with Crippen LogP contribution in [-0.2, 0) is 16.4 Å². The van der Waals surface area contributed by atoms with Gasteiger partial charge >= 0.3 is 6.09 Å². The second-order valence-corrected chi connectivity index (χ2v) is 6.18. The summed E-state index contributed by atoms with van der Waals surface area (Å²) in [6, 6.07) is 3.21. The standard InChI is InChI=1S/C10H15N3O4S/c1-18(16,17)5-4-13(10(14)15)7-9-3-2-8(11)6-12-9/h2-3,6H,4-5,7,11H2,1H3,(H,14,15). The monoisotopic (exact) mass is 273 g/mol. The van der Waals surface area contributed by atoms with Gasteiger partial charge in [-0.15, -0.1) is 0 Å². The lowest BCUT2D eigenvalue weighted by Gasteiger charge is -2.18. The van der Waals surface area contributed by atoms with Gasteiger partial charge in [0, 0.05) is 12.8 Å². The van der Waals surface area contributed by atoms with Crippen molar-refractivity contribution >= 4 is 21.6 Å². The van der Waals surface area contributed by atoms with Crippen LogP contribution >= 0.6 is 0 Å². The molecule has 1 heterocycles. The molecule has 100 valence electrons. The summed E-state index contributed by atoms with van der Waals surface area (Å²) in [6.07, 6.45) is 1.30. The van der Waals surface area contributed by atoms with Crippen LogP contribution in [0.3, 0.4) is 0 Å². The highest BCUT2D eigenvalue weighted by Gasteiger charge is 2.15. The summed E-state index contributed by atoms with van der Waals surface area (Å²) in [5.41, 5.74) is 6.46. The van der Waals surface area contributed by atoms with Crippen molar-refractivity contribution in [2.24, 2.45) is 0 Å². The van der Waals surface area contributed by atoms with Crippen molar-refractivity contribution in [2.75, 3.05) is 24.3 Å². The summed E-state index contributed by atoms with van der Waals surface area (Å²) >= 11 is 0. The van der Waals surface area contributed by atoms with Crippen LogP contribution in [0.2, 0.25) is 0 Å². The third-order valence-corrected chi connectivity index (χ3v) is 3.13. The van der Waals surface area contributed by atoms with E-state index in [1.54, 1.807) is 12.1 Å². The number of sulfone groups is 1. The summed E-state index contributed by atoms with van der Waals surface area (Å²) in [4.78, 5) is 15.9. The molecule has 1 amide bonds. The van der Waals surface area contributed by atoms with Crippen molar-refractivity contribution in [1.29, 1.82) is 0 Å². The molecular formula is C10H15N3O4S. The molecule has 0 saturated carbocycles. The van der Waals surface area contributed by atoms with Gasteiger partial charge in [-0.1, -0.05) is 0 Å². The Labute approximate surface area is 105 Å². The zero-order chi connectivity index (χ0) is 13.8. The summed E-state index contributed by atoms with van der Waals surface area (Å²) in [5.74, 6) is -0.214. The number of carboxylic acid groups (broad SMARTS) is 1.